The Hall–Kier alpha value is -1.20. The van der Waals surface area contributed by atoms with Gasteiger partial charge in [0.25, 0.3) is 5.56 Å². The van der Waals surface area contributed by atoms with Crippen molar-refractivity contribution in [1.29, 1.82) is 0 Å². The number of hydrogen-bond acceptors (Lipinski definition) is 4. The van der Waals surface area contributed by atoms with Crippen LogP contribution in [0.1, 0.15) is 49.8 Å². The highest BCUT2D eigenvalue weighted by Crippen LogP contribution is 2.30. The third kappa shape index (κ3) is 2.72. The topological polar surface area (TPSA) is 47.4 Å². The largest absolute Gasteiger partial charge is 0.376 e. The molecule has 4 rings (SSSR count). The molecule has 1 unspecified atom stereocenters. The summed E-state index contributed by atoms with van der Waals surface area (Å²) >= 11 is 0. The van der Waals surface area contributed by atoms with Crippen LogP contribution in [0.2, 0.25) is 0 Å². The van der Waals surface area contributed by atoms with Gasteiger partial charge in [-0.25, -0.2) is 4.68 Å². The molecule has 1 aliphatic carbocycles. The van der Waals surface area contributed by atoms with Crippen LogP contribution in [0.25, 0.3) is 0 Å². The zero-order valence-electron chi connectivity index (χ0n) is 13.2. The van der Waals surface area contributed by atoms with Crippen LogP contribution < -0.4 is 5.56 Å². The molecule has 0 bridgehead atoms. The summed E-state index contributed by atoms with van der Waals surface area (Å²) in [5.41, 5.74) is 2.06. The molecular weight excluding hydrogens is 278 g/mol. The fourth-order valence-electron chi connectivity index (χ4n) is 4.35. The summed E-state index contributed by atoms with van der Waals surface area (Å²) in [5, 5.41) is 4.63. The van der Waals surface area contributed by atoms with E-state index in [2.05, 4.69) is 10.00 Å². The molecule has 0 radical (unpaired) electrons. The Morgan fingerprint density at radius 2 is 2.09 bits per heavy atom. The van der Waals surface area contributed by atoms with Gasteiger partial charge in [-0.05, 0) is 32.2 Å². The van der Waals surface area contributed by atoms with Crippen molar-refractivity contribution in [2.75, 3.05) is 13.2 Å². The molecule has 5 nitrogen and oxygen atoms in total. The van der Waals surface area contributed by atoms with E-state index in [1.165, 1.54) is 45.1 Å². The second-order valence-corrected chi connectivity index (χ2v) is 6.91. The first kappa shape index (κ1) is 14.4. The second-order valence-electron chi connectivity index (χ2n) is 6.91. The molecule has 1 saturated heterocycles. The molecular formula is C17H25N3O2. The molecule has 0 aromatic carbocycles. The first-order valence-corrected chi connectivity index (χ1v) is 8.74. The summed E-state index contributed by atoms with van der Waals surface area (Å²) in [7, 11) is 0. The average molecular weight is 303 g/mol. The monoisotopic (exact) mass is 303 g/mol. The smallest absolute Gasteiger partial charge is 0.267 e. The predicted molar refractivity (Wildman–Crippen MR) is 83.8 cm³/mol. The quantitative estimate of drug-likeness (QED) is 0.853. The molecule has 0 N–H and O–H groups in total. The number of aromatic nitrogens is 2. The normalized spacial score (nSPS) is 26.5. The summed E-state index contributed by atoms with van der Waals surface area (Å²) < 4.78 is 7.12. The molecule has 1 atom stereocenters. The van der Waals surface area contributed by atoms with E-state index in [9.17, 15) is 4.79 Å². The van der Waals surface area contributed by atoms with E-state index in [4.69, 9.17) is 4.74 Å². The summed E-state index contributed by atoms with van der Waals surface area (Å²) in [6.07, 6.45) is 8.68. The third-order valence-corrected chi connectivity index (χ3v) is 5.51. The molecule has 2 fully saturated rings. The van der Waals surface area contributed by atoms with Gasteiger partial charge < -0.3 is 4.74 Å². The lowest BCUT2D eigenvalue weighted by Gasteiger charge is -2.30. The number of rotatable bonds is 3. The van der Waals surface area contributed by atoms with Crippen molar-refractivity contribution < 1.29 is 4.74 Å². The van der Waals surface area contributed by atoms with Gasteiger partial charge in [0.2, 0.25) is 0 Å². The van der Waals surface area contributed by atoms with Crippen LogP contribution in [0, 0.1) is 0 Å². The number of fused-ring (bicyclic) bond motifs is 1. The van der Waals surface area contributed by atoms with Crippen molar-refractivity contribution in [1.82, 2.24) is 14.7 Å². The van der Waals surface area contributed by atoms with Gasteiger partial charge in [-0.2, -0.15) is 5.10 Å². The molecule has 120 valence electrons. The van der Waals surface area contributed by atoms with Crippen molar-refractivity contribution in [3.05, 3.63) is 27.7 Å². The maximum absolute atomic E-state index is 12.3. The minimum Gasteiger partial charge on any atom is -0.376 e. The van der Waals surface area contributed by atoms with Crippen molar-refractivity contribution >= 4 is 0 Å². The SMILES string of the molecule is O=c1cc2c(nn1CC1CCCN1C1CCCC1)CCOC2. The summed E-state index contributed by atoms with van der Waals surface area (Å²) in [6, 6.07) is 2.97. The molecule has 0 amide bonds. The van der Waals surface area contributed by atoms with Gasteiger partial charge in [0.15, 0.2) is 0 Å². The van der Waals surface area contributed by atoms with Crippen LogP contribution in [0.5, 0.6) is 0 Å². The van der Waals surface area contributed by atoms with Gasteiger partial charge in [-0.1, -0.05) is 12.8 Å². The predicted octanol–water partition coefficient (Wildman–Crippen LogP) is 1.72. The third-order valence-electron chi connectivity index (χ3n) is 5.51. The summed E-state index contributed by atoms with van der Waals surface area (Å²) in [5.74, 6) is 0. The van der Waals surface area contributed by atoms with E-state index in [0.717, 1.165) is 36.9 Å². The standard InChI is InChI=1S/C17H25N3O2/c21-17-10-13-12-22-9-7-16(13)18-20(17)11-15-6-3-8-19(15)14-4-1-2-5-14/h10,14-15H,1-9,11-12H2. The van der Waals surface area contributed by atoms with Gasteiger partial charge in [-0.3, -0.25) is 9.69 Å². The van der Waals surface area contributed by atoms with E-state index in [-0.39, 0.29) is 5.56 Å². The molecule has 0 spiro atoms. The second kappa shape index (κ2) is 6.13. The fourth-order valence-corrected chi connectivity index (χ4v) is 4.35. The summed E-state index contributed by atoms with van der Waals surface area (Å²) in [4.78, 5) is 15.0. The lowest BCUT2D eigenvalue weighted by atomic mass is 10.1. The minimum absolute atomic E-state index is 0.0301. The molecule has 3 aliphatic rings. The van der Waals surface area contributed by atoms with Gasteiger partial charge in [0.05, 0.1) is 25.5 Å². The van der Waals surface area contributed by atoms with E-state index in [1.54, 1.807) is 10.7 Å². The summed E-state index contributed by atoms with van der Waals surface area (Å²) in [6.45, 7) is 3.21. The molecule has 1 saturated carbocycles. The Morgan fingerprint density at radius 1 is 1.23 bits per heavy atom. The maximum Gasteiger partial charge on any atom is 0.267 e. The van der Waals surface area contributed by atoms with Crippen LogP contribution in [0.4, 0.5) is 0 Å². The number of nitrogens with zero attached hydrogens (tertiary/aromatic N) is 3. The van der Waals surface area contributed by atoms with E-state index >= 15 is 0 Å². The van der Waals surface area contributed by atoms with Crippen LogP contribution in [-0.2, 0) is 24.3 Å². The first-order valence-electron chi connectivity index (χ1n) is 8.74. The minimum atomic E-state index is 0.0301. The molecule has 1 aromatic rings. The van der Waals surface area contributed by atoms with E-state index < -0.39 is 0 Å². The number of hydrogen-bond donors (Lipinski definition) is 0. The van der Waals surface area contributed by atoms with Gasteiger partial charge in [0.1, 0.15) is 0 Å². The zero-order chi connectivity index (χ0) is 14.9. The maximum atomic E-state index is 12.3. The van der Waals surface area contributed by atoms with Gasteiger partial charge in [0, 0.05) is 30.1 Å². The highest BCUT2D eigenvalue weighted by Gasteiger charge is 2.32. The Kier molecular flexibility index (Phi) is 4.01. The zero-order valence-corrected chi connectivity index (χ0v) is 13.2. The van der Waals surface area contributed by atoms with Gasteiger partial charge >= 0.3 is 0 Å². The molecule has 22 heavy (non-hydrogen) atoms. The van der Waals surface area contributed by atoms with Crippen LogP contribution >= 0.6 is 0 Å². The number of ether oxygens (including phenoxy) is 1. The molecule has 5 heteroatoms. The highest BCUT2D eigenvalue weighted by molar-refractivity contribution is 5.18. The molecule has 2 aliphatic heterocycles. The Morgan fingerprint density at radius 3 is 2.95 bits per heavy atom. The number of likely N-dealkylation sites (tertiary alicyclic amines) is 1. The Balaban J connectivity index is 1.53. The Labute approximate surface area is 131 Å². The lowest BCUT2D eigenvalue weighted by Crippen LogP contribution is -2.42. The van der Waals surface area contributed by atoms with Crippen molar-refractivity contribution in [2.24, 2.45) is 0 Å². The van der Waals surface area contributed by atoms with E-state index in [0.29, 0.717) is 12.6 Å². The first-order chi connectivity index (χ1) is 10.8. The van der Waals surface area contributed by atoms with Crippen LogP contribution in [-0.4, -0.2) is 39.9 Å². The molecule has 3 heterocycles. The Bertz CT molecular complexity index is 592. The van der Waals surface area contributed by atoms with Gasteiger partial charge in [-0.15, -0.1) is 0 Å². The van der Waals surface area contributed by atoms with Crippen LogP contribution in [0.3, 0.4) is 0 Å². The van der Waals surface area contributed by atoms with Crippen molar-refractivity contribution in [3.63, 3.8) is 0 Å². The van der Waals surface area contributed by atoms with Crippen LogP contribution in [0.15, 0.2) is 10.9 Å². The highest BCUT2D eigenvalue weighted by atomic mass is 16.5. The molecule has 1 aromatic heterocycles. The fraction of sp³-hybridized carbons (Fsp3) is 0.765. The average Bonchev–Trinajstić information content (AvgIpc) is 3.18. The van der Waals surface area contributed by atoms with Crippen molar-refractivity contribution in [2.45, 2.75) is 70.2 Å². The lowest BCUT2D eigenvalue weighted by molar-refractivity contribution is 0.107. The van der Waals surface area contributed by atoms with E-state index in [1.807, 2.05) is 0 Å². The van der Waals surface area contributed by atoms with Crippen molar-refractivity contribution in [3.8, 4) is 0 Å².